The molecule has 0 aromatic heterocycles. The van der Waals surface area contributed by atoms with Crippen molar-refractivity contribution in [2.24, 2.45) is 0 Å². The summed E-state index contributed by atoms with van der Waals surface area (Å²) in [5, 5.41) is 8.88. The highest BCUT2D eigenvalue weighted by molar-refractivity contribution is 5.98. The van der Waals surface area contributed by atoms with E-state index in [1.165, 1.54) is 0 Å². The minimum Gasteiger partial charge on any atom is -0.376 e. The highest BCUT2D eigenvalue weighted by Gasteiger charge is 2.19. The summed E-state index contributed by atoms with van der Waals surface area (Å²) in [6.07, 6.45) is 2.07. The Balaban J connectivity index is 1.26. The van der Waals surface area contributed by atoms with Crippen molar-refractivity contribution >= 4 is 29.1 Å². The van der Waals surface area contributed by atoms with Crippen molar-refractivity contribution in [1.29, 1.82) is 0 Å². The van der Waals surface area contributed by atoms with Crippen LogP contribution in [0.2, 0.25) is 0 Å². The zero-order chi connectivity index (χ0) is 24.6. The molecule has 4 rings (SSSR count). The van der Waals surface area contributed by atoms with Crippen molar-refractivity contribution in [2.45, 2.75) is 25.8 Å². The second kappa shape index (κ2) is 11.3. The van der Waals surface area contributed by atoms with Crippen LogP contribution < -0.4 is 16.0 Å². The summed E-state index contributed by atoms with van der Waals surface area (Å²) in [6.45, 7) is 3.57. The second-order valence-corrected chi connectivity index (χ2v) is 8.67. The van der Waals surface area contributed by atoms with Gasteiger partial charge in [0.1, 0.15) is 0 Å². The fourth-order valence-corrected chi connectivity index (χ4v) is 4.06. The quantitative estimate of drug-likeness (QED) is 0.453. The average molecular weight is 471 g/mol. The Bertz CT molecular complexity index is 1170. The van der Waals surface area contributed by atoms with Gasteiger partial charge in [-0.15, -0.1) is 0 Å². The third-order valence-electron chi connectivity index (χ3n) is 6.03. The molecule has 0 bridgehead atoms. The smallest absolute Gasteiger partial charge is 0.253 e. The molecule has 0 saturated carbocycles. The molecule has 1 saturated heterocycles. The van der Waals surface area contributed by atoms with Gasteiger partial charge < -0.3 is 20.9 Å². The summed E-state index contributed by atoms with van der Waals surface area (Å²) in [7, 11) is 0. The van der Waals surface area contributed by atoms with Crippen molar-refractivity contribution in [3.63, 3.8) is 0 Å². The van der Waals surface area contributed by atoms with Gasteiger partial charge in [-0.2, -0.15) is 0 Å². The molecule has 0 spiro atoms. The van der Waals surface area contributed by atoms with E-state index in [4.69, 9.17) is 0 Å². The van der Waals surface area contributed by atoms with E-state index >= 15 is 0 Å². The monoisotopic (exact) mass is 470 g/mol. The van der Waals surface area contributed by atoms with E-state index in [9.17, 15) is 14.4 Å². The molecule has 1 aliphatic heterocycles. The molecule has 7 nitrogen and oxygen atoms in total. The van der Waals surface area contributed by atoms with E-state index in [0.717, 1.165) is 37.2 Å². The second-order valence-electron chi connectivity index (χ2n) is 8.67. The van der Waals surface area contributed by atoms with Gasteiger partial charge in [0.2, 0.25) is 5.91 Å². The number of likely N-dealkylation sites (tertiary alicyclic amines) is 1. The molecular formula is C28H30N4O3. The van der Waals surface area contributed by atoms with Crippen molar-refractivity contribution in [3.8, 4) is 0 Å². The number of hydrogen-bond acceptors (Lipinski definition) is 4. The molecule has 3 aromatic rings. The third-order valence-corrected chi connectivity index (χ3v) is 6.03. The minimum absolute atomic E-state index is 0.000914. The van der Waals surface area contributed by atoms with Gasteiger partial charge in [0.25, 0.3) is 11.8 Å². The van der Waals surface area contributed by atoms with Gasteiger partial charge in [0, 0.05) is 35.6 Å². The van der Waals surface area contributed by atoms with Gasteiger partial charge in [-0.1, -0.05) is 36.4 Å². The zero-order valence-corrected chi connectivity index (χ0v) is 19.8. The third kappa shape index (κ3) is 6.47. The molecule has 1 unspecified atom stereocenters. The first-order valence-corrected chi connectivity index (χ1v) is 11.9. The summed E-state index contributed by atoms with van der Waals surface area (Å²) < 4.78 is 0. The Kier molecular flexibility index (Phi) is 7.77. The minimum atomic E-state index is -0.228. The number of nitrogens with one attached hydrogen (secondary N) is 3. The summed E-state index contributed by atoms with van der Waals surface area (Å²) in [4.78, 5) is 39.4. The van der Waals surface area contributed by atoms with E-state index < -0.39 is 0 Å². The van der Waals surface area contributed by atoms with Crippen LogP contribution in [0.1, 0.15) is 52.1 Å². The first-order chi connectivity index (χ1) is 17.0. The Morgan fingerprint density at radius 2 is 1.54 bits per heavy atom. The predicted molar refractivity (Wildman–Crippen MR) is 137 cm³/mol. The fraction of sp³-hybridized carbons (Fsp3) is 0.250. The van der Waals surface area contributed by atoms with Gasteiger partial charge in [-0.3, -0.25) is 14.4 Å². The number of rotatable bonds is 8. The van der Waals surface area contributed by atoms with Crippen LogP contribution >= 0.6 is 0 Å². The molecule has 1 atom stereocenters. The fourth-order valence-electron chi connectivity index (χ4n) is 4.06. The standard InChI is InChI=1S/C28H30N4O3/c1-20(21-8-3-2-4-9-21)30-27(34)22-12-14-24(15-13-22)29-19-26(33)31-25-11-7-10-23(18-25)28(35)32-16-5-6-17-32/h2-4,7-15,18,20,29H,5-6,16-17,19H2,1H3,(H,30,34)(H,31,33). The number of carbonyl (C=O) groups is 3. The molecular weight excluding hydrogens is 440 g/mol. The maximum atomic E-state index is 12.6. The Morgan fingerprint density at radius 1 is 0.829 bits per heavy atom. The molecule has 3 aromatic carbocycles. The van der Waals surface area contributed by atoms with Crippen molar-refractivity contribution in [3.05, 3.63) is 95.6 Å². The first-order valence-electron chi connectivity index (χ1n) is 11.9. The summed E-state index contributed by atoms with van der Waals surface area (Å²) >= 11 is 0. The lowest BCUT2D eigenvalue weighted by Gasteiger charge is -2.16. The van der Waals surface area contributed by atoms with Crippen LogP contribution in [0, 0.1) is 0 Å². The van der Waals surface area contributed by atoms with Crippen LogP contribution in [-0.2, 0) is 4.79 Å². The number of nitrogens with zero attached hydrogens (tertiary/aromatic N) is 1. The van der Waals surface area contributed by atoms with Crippen LogP contribution in [0.5, 0.6) is 0 Å². The molecule has 7 heteroatoms. The van der Waals surface area contributed by atoms with Gasteiger partial charge in [-0.05, 0) is 67.8 Å². The maximum Gasteiger partial charge on any atom is 0.253 e. The highest BCUT2D eigenvalue weighted by atomic mass is 16.2. The van der Waals surface area contributed by atoms with Gasteiger partial charge in [-0.25, -0.2) is 0 Å². The molecule has 3 amide bonds. The largest absolute Gasteiger partial charge is 0.376 e. The van der Waals surface area contributed by atoms with Crippen molar-refractivity contribution in [1.82, 2.24) is 10.2 Å². The lowest BCUT2D eigenvalue weighted by molar-refractivity contribution is -0.114. The van der Waals surface area contributed by atoms with Crippen LogP contribution in [0.4, 0.5) is 11.4 Å². The molecule has 0 aliphatic carbocycles. The topological polar surface area (TPSA) is 90.5 Å². The number of carbonyl (C=O) groups excluding carboxylic acids is 3. The molecule has 1 fully saturated rings. The zero-order valence-electron chi connectivity index (χ0n) is 19.8. The molecule has 0 radical (unpaired) electrons. The SMILES string of the molecule is CC(NC(=O)c1ccc(NCC(=O)Nc2cccc(C(=O)N3CCCC3)c2)cc1)c1ccccc1. The van der Waals surface area contributed by atoms with E-state index in [0.29, 0.717) is 16.8 Å². The molecule has 180 valence electrons. The first kappa shape index (κ1) is 24.0. The number of amides is 3. The average Bonchev–Trinajstić information content (AvgIpc) is 3.43. The van der Waals surface area contributed by atoms with Crippen LogP contribution in [-0.4, -0.2) is 42.3 Å². The van der Waals surface area contributed by atoms with E-state index in [-0.39, 0.29) is 30.3 Å². The molecule has 1 aliphatic rings. The predicted octanol–water partition coefficient (Wildman–Crippen LogP) is 4.46. The van der Waals surface area contributed by atoms with Gasteiger partial charge in [0.15, 0.2) is 0 Å². The summed E-state index contributed by atoms with van der Waals surface area (Å²) in [6, 6.07) is 23.7. The van der Waals surface area contributed by atoms with Crippen LogP contribution in [0.3, 0.4) is 0 Å². The lowest BCUT2D eigenvalue weighted by atomic mass is 10.1. The van der Waals surface area contributed by atoms with Crippen molar-refractivity contribution < 1.29 is 14.4 Å². The molecule has 35 heavy (non-hydrogen) atoms. The van der Waals surface area contributed by atoms with E-state index in [1.807, 2.05) is 42.2 Å². The Morgan fingerprint density at radius 3 is 2.26 bits per heavy atom. The van der Waals surface area contributed by atoms with Crippen molar-refractivity contribution in [2.75, 3.05) is 30.3 Å². The number of benzene rings is 3. The Hall–Kier alpha value is -4.13. The number of hydrogen-bond donors (Lipinski definition) is 3. The van der Waals surface area contributed by atoms with E-state index in [2.05, 4.69) is 16.0 Å². The van der Waals surface area contributed by atoms with E-state index in [1.54, 1.807) is 48.5 Å². The van der Waals surface area contributed by atoms with Gasteiger partial charge in [0.05, 0.1) is 12.6 Å². The summed E-state index contributed by atoms with van der Waals surface area (Å²) in [5.41, 5.74) is 3.47. The molecule has 1 heterocycles. The lowest BCUT2D eigenvalue weighted by Crippen LogP contribution is -2.27. The summed E-state index contributed by atoms with van der Waals surface area (Å²) in [5.74, 6) is -0.387. The normalized spacial score (nSPS) is 13.7. The van der Waals surface area contributed by atoms with Crippen LogP contribution in [0.15, 0.2) is 78.9 Å². The highest BCUT2D eigenvalue weighted by Crippen LogP contribution is 2.17. The maximum absolute atomic E-state index is 12.6. The van der Waals surface area contributed by atoms with Gasteiger partial charge >= 0.3 is 0 Å². The Labute approximate surface area is 205 Å². The molecule has 3 N–H and O–H groups in total. The number of anilines is 2. The van der Waals surface area contributed by atoms with Crippen LogP contribution in [0.25, 0.3) is 0 Å².